The molecule has 3 N–H and O–H groups in total. The smallest absolute Gasteiger partial charge is 0.354 e. The first-order valence-electron chi connectivity index (χ1n) is 4.66. The van der Waals surface area contributed by atoms with Crippen LogP contribution in [-0.2, 0) is 10.0 Å². The maximum Gasteiger partial charge on any atom is 0.354 e. The molecule has 0 bridgehead atoms. The molecule has 1 heterocycles. The normalized spacial score (nSPS) is 11.1. The number of sulfonamides is 1. The Kier molecular flexibility index (Phi) is 4.35. The Morgan fingerprint density at radius 2 is 2.24 bits per heavy atom. The van der Waals surface area contributed by atoms with Crippen molar-refractivity contribution in [1.82, 2.24) is 14.7 Å². The number of hydrogen-bond donors (Lipinski definition) is 3. The van der Waals surface area contributed by atoms with Gasteiger partial charge in [-0.2, -0.15) is 0 Å². The number of hydrogen-bond acceptors (Lipinski definition) is 6. The summed E-state index contributed by atoms with van der Waals surface area (Å²) in [7, 11) is -1.98. The average Bonchev–Trinajstić information content (AvgIpc) is 2.29. The number of carboxylic acids is 1. The van der Waals surface area contributed by atoms with Crippen molar-refractivity contribution >= 4 is 21.9 Å². The van der Waals surface area contributed by atoms with Gasteiger partial charge in [-0.05, 0) is 13.1 Å². The first kappa shape index (κ1) is 13.3. The van der Waals surface area contributed by atoms with Crippen LogP contribution < -0.4 is 10.0 Å². The van der Waals surface area contributed by atoms with Crippen molar-refractivity contribution in [3.05, 3.63) is 18.0 Å². The zero-order chi connectivity index (χ0) is 12.9. The van der Waals surface area contributed by atoms with Crippen LogP contribution in [0.15, 0.2) is 12.3 Å². The van der Waals surface area contributed by atoms with Crippen LogP contribution in [0.5, 0.6) is 0 Å². The summed E-state index contributed by atoms with van der Waals surface area (Å²) in [5.41, 5.74) is -0.154. The summed E-state index contributed by atoms with van der Waals surface area (Å²) < 4.78 is 24.3. The Labute approximate surface area is 98.1 Å². The van der Waals surface area contributed by atoms with E-state index in [0.29, 0.717) is 0 Å². The van der Waals surface area contributed by atoms with Gasteiger partial charge in [-0.3, -0.25) is 0 Å². The maximum absolute atomic E-state index is 11.1. The molecule has 0 fully saturated rings. The van der Waals surface area contributed by atoms with Crippen LogP contribution in [0.1, 0.15) is 10.5 Å². The Morgan fingerprint density at radius 1 is 1.53 bits per heavy atom. The van der Waals surface area contributed by atoms with Crippen LogP contribution >= 0.6 is 0 Å². The zero-order valence-corrected chi connectivity index (χ0v) is 9.86. The molecule has 0 aliphatic rings. The highest BCUT2D eigenvalue weighted by atomic mass is 32.2. The molecule has 17 heavy (non-hydrogen) atoms. The minimum absolute atomic E-state index is 0.0798. The molecule has 0 saturated carbocycles. The van der Waals surface area contributed by atoms with E-state index in [1.54, 1.807) is 0 Å². The number of carboxylic acid groups (broad SMARTS) is 1. The number of carbonyl (C=O) groups is 1. The van der Waals surface area contributed by atoms with E-state index in [9.17, 15) is 13.2 Å². The summed E-state index contributed by atoms with van der Waals surface area (Å²) in [6.45, 7) is 0.0895. The van der Waals surface area contributed by atoms with Gasteiger partial charge in [-0.15, -0.1) is 0 Å². The Bertz CT molecular complexity index is 502. The van der Waals surface area contributed by atoms with Gasteiger partial charge in [0.15, 0.2) is 5.69 Å². The van der Waals surface area contributed by atoms with E-state index in [-0.39, 0.29) is 23.9 Å². The summed E-state index contributed by atoms with van der Waals surface area (Å²) in [6, 6.07) is 1.25. The van der Waals surface area contributed by atoms with Gasteiger partial charge in [-0.25, -0.2) is 27.9 Å². The number of aromatic nitrogens is 2. The predicted octanol–water partition coefficient (Wildman–Crippen LogP) is -0.864. The van der Waals surface area contributed by atoms with E-state index in [4.69, 9.17) is 5.11 Å². The number of aromatic carboxylic acids is 1. The molecule has 94 valence electrons. The number of rotatable bonds is 6. The van der Waals surface area contributed by atoms with E-state index in [1.165, 1.54) is 19.3 Å². The predicted molar refractivity (Wildman–Crippen MR) is 60.3 cm³/mol. The van der Waals surface area contributed by atoms with E-state index in [2.05, 4.69) is 20.0 Å². The third-order valence-corrected chi connectivity index (χ3v) is 3.20. The molecule has 1 aromatic rings. The first-order valence-corrected chi connectivity index (χ1v) is 6.31. The molecule has 0 unspecified atom stereocenters. The van der Waals surface area contributed by atoms with Gasteiger partial charge < -0.3 is 10.4 Å². The van der Waals surface area contributed by atoms with Crippen LogP contribution in [0.2, 0.25) is 0 Å². The number of anilines is 1. The molecule has 9 heteroatoms. The largest absolute Gasteiger partial charge is 0.477 e. The summed E-state index contributed by atoms with van der Waals surface area (Å²) in [5, 5.41) is 11.3. The second-order valence-electron chi connectivity index (χ2n) is 3.02. The SMILES string of the molecule is CNS(=O)(=O)CCNc1nccc(C(=O)O)n1. The lowest BCUT2D eigenvalue weighted by molar-refractivity contribution is 0.0690. The van der Waals surface area contributed by atoms with Gasteiger partial charge >= 0.3 is 5.97 Å². The Hall–Kier alpha value is -1.74. The molecule has 0 radical (unpaired) electrons. The van der Waals surface area contributed by atoms with E-state index < -0.39 is 16.0 Å². The van der Waals surface area contributed by atoms with Crippen LogP contribution in [0.25, 0.3) is 0 Å². The molecule has 0 amide bonds. The summed E-state index contributed by atoms with van der Waals surface area (Å²) in [5.74, 6) is -1.24. The van der Waals surface area contributed by atoms with Gasteiger partial charge in [0, 0.05) is 12.7 Å². The monoisotopic (exact) mass is 260 g/mol. The minimum atomic E-state index is -3.30. The average molecular weight is 260 g/mol. The molecular formula is C8H12N4O4S. The molecule has 0 aromatic carbocycles. The molecular weight excluding hydrogens is 248 g/mol. The second-order valence-corrected chi connectivity index (χ2v) is 5.07. The highest BCUT2D eigenvalue weighted by molar-refractivity contribution is 7.89. The molecule has 0 aliphatic carbocycles. The van der Waals surface area contributed by atoms with Crippen LogP contribution in [-0.4, -0.2) is 48.8 Å². The molecule has 8 nitrogen and oxygen atoms in total. The lowest BCUT2D eigenvalue weighted by Gasteiger charge is -2.05. The fourth-order valence-corrected chi connectivity index (χ4v) is 1.54. The van der Waals surface area contributed by atoms with Crippen molar-refractivity contribution in [2.45, 2.75) is 0 Å². The van der Waals surface area contributed by atoms with Crippen molar-refractivity contribution in [3.8, 4) is 0 Å². The molecule has 0 saturated heterocycles. The molecule has 0 atom stereocenters. The summed E-state index contributed by atoms with van der Waals surface area (Å²) >= 11 is 0. The second kappa shape index (κ2) is 5.55. The van der Waals surface area contributed by atoms with E-state index in [0.717, 1.165) is 0 Å². The van der Waals surface area contributed by atoms with Gasteiger partial charge in [0.25, 0.3) is 0 Å². The Morgan fingerprint density at radius 3 is 2.82 bits per heavy atom. The van der Waals surface area contributed by atoms with E-state index in [1.807, 2.05) is 0 Å². The highest BCUT2D eigenvalue weighted by Crippen LogP contribution is 2.00. The van der Waals surface area contributed by atoms with E-state index >= 15 is 0 Å². The third-order valence-electron chi connectivity index (χ3n) is 1.84. The lowest BCUT2D eigenvalue weighted by atomic mass is 10.4. The standard InChI is InChI=1S/C8H12N4O4S/c1-9-17(15,16)5-4-11-8-10-3-2-6(12-8)7(13)14/h2-3,9H,4-5H2,1H3,(H,13,14)(H,10,11,12). The third kappa shape index (κ3) is 4.33. The number of nitrogens with one attached hydrogen (secondary N) is 2. The number of nitrogens with zero attached hydrogens (tertiary/aromatic N) is 2. The molecule has 0 spiro atoms. The zero-order valence-electron chi connectivity index (χ0n) is 9.04. The first-order chi connectivity index (χ1) is 7.94. The van der Waals surface area contributed by atoms with Crippen molar-refractivity contribution in [3.63, 3.8) is 0 Å². The fraction of sp³-hybridized carbons (Fsp3) is 0.375. The molecule has 1 aromatic heterocycles. The highest BCUT2D eigenvalue weighted by Gasteiger charge is 2.08. The summed E-state index contributed by atoms with van der Waals surface area (Å²) in [4.78, 5) is 18.1. The molecule has 1 rings (SSSR count). The van der Waals surface area contributed by atoms with Crippen molar-refractivity contribution in [2.75, 3.05) is 24.7 Å². The van der Waals surface area contributed by atoms with Crippen LogP contribution in [0.4, 0.5) is 5.95 Å². The van der Waals surface area contributed by atoms with Crippen LogP contribution in [0, 0.1) is 0 Å². The van der Waals surface area contributed by atoms with Crippen molar-refractivity contribution in [1.29, 1.82) is 0 Å². The van der Waals surface area contributed by atoms with Crippen molar-refractivity contribution < 1.29 is 18.3 Å². The maximum atomic E-state index is 11.1. The topological polar surface area (TPSA) is 121 Å². The van der Waals surface area contributed by atoms with Gasteiger partial charge in [0.2, 0.25) is 16.0 Å². The minimum Gasteiger partial charge on any atom is -0.477 e. The Balaban J connectivity index is 2.58. The molecule has 0 aliphatic heterocycles. The lowest BCUT2D eigenvalue weighted by Crippen LogP contribution is -2.26. The van der Waals surface area contributed by atoms with Crippen LogP contribution in [0.3, 0.4) is 0 Å². The van der Waals surface area contributed by atoms with Crippen molar-refractivity contribution in [2.24, 2.45) is 0 Å². The van der Waals surface area contributed by atoms with Gasteiger partial charge in [0.1, 0.15) is 0 Å². The van der Waals surface area contributed by atoms with Gasteiger partial charge in [0.05, 0.1) is 5.75 Å². The fourth-order valence-electron chi connectivity index (χ4n) is 0.962. The quantitative estimate of drug-likeness (QED) is 0.608. The summed E-state index contributed by atoms with van der Waals surface area (Å²) in [6.07, 6.45) is 1.28. The van der Waals surface area contributed by atoms with Gasteiger partial charge in [-0.1, -0.05) is 0 Å².